The fraction of sp³-hybridized carbons (Fsp3) is 0.939. The van der Waals surface area contributed by atoms with Crippen molar-refractivity contribution in [2.24, 2.45) is 11.8 Å². The molecule has 0 saturated carbocycles. The lowest BCUT2D eigenvalue weighted by molar-refractivity contribution is -0.161. The van der Waals surface area contributed by atoms with Crippen molar-refractivity contribution < 1.29 is 80.2 Å². The summed E-state index contributed by atoms with van der Waals surface area (Å²) in [5, 5.41) is 10.5. The Balaban J connectivity index is 5.10. The van der Waals surface area contributed by atoms with Crippen LogP contribution in [-0.2, 0) is 65.4 Å². The molecule has 2 unspecified atom stereocenters. The number of rotatable bonds is 65. The molecular weight excluding hydrogens is 1130 g/mol. The van der Waals surface area contributed by atoms with Gasteiger partial charge >= 0.3 is 39.5 Å². The van der Waals surface area contributed by atoms with Crippen molar-refractivity contribution in [3.63, 3.8) is 0 Å². The molecule has 0 aromatic rings. The molecule has 5 atom stereocenters. The number of esters is 4. The zero-order valence-corrected chi connectivity index (χ0v) is 56.7. The van der Waals surface area contributed by atoms with Crippen molar-refractivity contribution >= 4 is 39.5 Å². The second-order valence-electron chi connectivity index (χ2n) is 24.8. The van der Waals surface area contributed by atoms with E-state index in [2.05, 4.69) is 41.5 Å². The number of phosphoric ester groups is 2. The van der Waals surface area contributed by atoms with Crippen LogP contribution in [0.3, 0.4) is 0 Å². The molecule has 0 spiro atoms. The molecule has 0 heterocycles. The zero-order valence-electron chi connectivity index (χ0n) is 54.9. The second kappa shape index (κ2) is 58.4. The van der Waals surface area contributed by atoms with E-state index in [1.54, 1.807) is 0 Å². The first kappa shape index (κ1) is 83.1. The minimum Gasteiger partial charge on any atom is -0.462 e. The van der Waals surface area contributed by atoms with Crippen LogP contribution < -0.4 is 0 Å². The molecule has 0 saturated heterocycles. The lowest BCUT2D eigenvalue weighted by atomic mass is 10.0. The van der Waals surface area contributed by atoms with Crippen molar-refractivity contribution in [3.8, 4) is 0 Å². The summed E-state index contributed by atoms with van der Waals surface area (Å²) in [5.74, 6) is -0.752. The van der Waals surface area contributed by atoms with E-state index in [1.165, 1.54) is 141 Å². The van der Waals surface area contributed by atoms with Crippen LogP contribution >= 0.6 is 15.6 Å². The zero-order chi connectivity index (χ0) is 62.9. The molecule has 17 nitrogen and oxygen atoms in total. The summed E-state index contributed by atoms with van der Waals surface area (Å²) in [7, 11) is -9.88. The van der Waals surface area contributed by atoms with E-state index in [1.807, 2.05) is 0 Å². The maximum Gasteiger partial charge on any atom is 0.472 e. The first-order valence-corrected chi connectivity index (χ1v) is 37.5. The maximum atomic E-state index is 13.0. The molecule has 85 heavy (non-hydrogen) atoms. The molecule has 0 aliphatic carbocycles. The Morgan fingerprint density at radius 2 is 0.541 bits per heavy atom. The summed E-state index contributed by atoms with van der Waals surface area (Å²) in [4.78, 5) is 72.0. The number of unbranched alkanes of at least 4 members (excludes halogenated alkanes) is 35. The third kappa shape index (κ3) is 60.7. The number of hydrogen-bond acceptors (Lipinski definition) is 15. The van der Waals surface area contributed by atoms with Gasteiger partial charge in [0.05, 0.1) is 26.4 Å². The Labute approximate surface area is 517 Å². The minimum absolute atomic E-state index is 0.101. The highest BCUT2D eigenvalue weighted by Crippen LogP contribution is 2.45. The molecule has 0 amide bonds. The minimum atomic E-state index is -4.95. The Kier molecular flexibility index (Phi) is 57.1. The van der Waals surface area contributed by atoms with Gasteiger partial charge in [-0.15, -0.1) is 0 Å². The Morgan fingerprint density at radius 1 is 0.318 bits per heavy atom. The second-order valence-corrected chi connectivity index (χ2v) is 27.7. The molecule has 0 aliphatic rings. The van der Waals surface area contributed by atoms with E-state index in [0.29, 0.717) is 31.6 Å². The van der Waals surface area contributed by atoms with Gasteiger partial charge < -0.3 is 33.8 Å². The number of aliphatic hydroxyl groups excluding tert-OH is 1. The highest BCUT2D eigenvalue weighted by Gasteiger charge is 2.30. The molecule has 3 N–H and O–H groups in total. The molecule has 0 bridgehead atoms. The molecule has 0 fully saturated rings. The van der Waals surface area contributed by atoms with Gasteiger partial charge in [-0.3, -0.25) is 37.3 Å². The SMILES string of the molecule is CCCCCCCCCCCCCCCCCCCCCCC(=O)O[C@H](COC(=O)CCCCCCCCCCC(C)C)COP(=O)(O)OC[C@@H](O)COP(=O)(O)OC[C@@H](COC(=O)CCCCCCC)OC(=O)CCCCCCCCC(C)C. The highest BCUT2D eigenvalue weighted by atomic mass is 31.2. The van der Waals surface area contributed by atoms with Crippen molar-refractivity contribution in [1.29, 1.82) is 0 Å². The van der Waals surface area contributed by atoms with Gasteiger partial charge in [-0.2, -0.15) is 0 Å². The summed E-state index contributed by atoms with van der Waals surface area (Å²) in [6.45, 7) is 9.29. The number of aliphatic hydroxyl groups is 1. The van der Waals surface area contributed by atoms with Crippen LogP contribution in [0.15, 0.2) is 0 Å². The number of carbonyl (C=O) groups excluding carboxylic acids is 4. The van der Waals surface area contributed by atoms with Crippen LogP contribution in [-0.4, -0.2) is 96.7 Å². The maximum absolute atomic E-state index is 13.0. The van der Waals surface area contributed by atoms with E-state index >= 15 is 0 Å². The summed E-state index contributed by atoms with van der Waals surface area (Å²) < 4.78 is 67.8. The molecule has 0 aliphatic heterocycles. The molecule has 0 aromatic carbocycles. The van der Waals surface area contributed by atoms with Gasteiger partial charge in [0.1, 0.15) is 19.3 Å². The predicted octanol–water partition coefficient (Wildman–Crippen LogP) is 18.4. The van der Waals surface area contributed by atoms with Crippen LogP contribution in [0, 0.1) is 11.8 Å². The molecule has 0 aromatic heterocycles. The van der Waals surface area contributed by atoms with Gasteiger partial charge in [0.2, 0.25) is 0 Å². The number of ether oxygens (including phenoxy) is 4. The van der Waals surface area contributed by atoms with Gasteiger partial charge in [0.15, 0.2) is 12.2 Å². The predicted molar refractivity (Wildman–Crippen MR) is 340 cm³/mol. The number of hydrogen-bond donors (Lipinski definition) is 3. The Morgan fingerprint density at radius 3 is 0.800 bits per heavy atom. The van der Waals surface area contributed by atoms with Gasteiger partial charge in [-0.05, 0) is 37.5 Å². The Bertz CT molecular complexity index is 1670. The van der Waals surface area contributed by atoms with Crippen LogP contribution in [0.2, 0.25) is 0 Å². The third-order valence-corrected chi connectivity index (χ3v) is 17.1. The molecular formula is C66H128O17P2. The summed E-state index contributed by atoms with van der Waals surface area (Å²) in [5.41, 5.74) is 0. The summed E-state index contributed by atoms with van der Waals surface area (Å²) in [6, 6.07) is 0. The van der Waals surface area contributed by atoms with E-state index in [0.717, 1.165) is 102 Å². The molecule has 0 radical (unpaired) electrons. The third-order valence-electron chi connectivity index (χ3n) is 15.2. The van der Waals surface area contributed by atoms with Crippen molar-refractivity contribution in [3.05, 3.63) is 0 Å². The van der Waals surface area contributed by atoms with Crippen molar-refractivity contribution in [2.75, 3.05) is 39.6 Å². The van der Waals surface area contributed by atoms with E-state index in [9.17, 15) is 43.2 Å². The topological polar surface area (TPSA) is 237 Å². The molecule has 504 valence electrons. The summed E-state index contributed by atoms with van der Waals surface area (Å²) >= 11 is 0. The van der Waals surface area contributed by atoms with Gasteiger partial charge in [-0.1, -0.05) is 279 Å². The number of carbonyl (C=O) groups is 4. The van der Waals surface area contributed by atoms with Crippen LogP contribution in [0.1, 0.15) is 330 Å². The van der Waals surface area contributed by atoms with Crippen LogP contribution in [0.4, 0.5) is 0 Å². The fourth-order valence-electron chi connectivity index (χ4n) is 9.88. The molecule has 0 rings (SSSR count). The largest absolute Gasteiger partial charge is 0.472 e. The summed E-state index contributed by atoms with van der Waals surface area (Å²) in [6.07, 6.45) is 42.5. The van der Waals surface area contributed by atoms with E-state index in [-0.39, 0.29) is 25.7 Å². The smallest absolute Gasteiger partial charge is 0.462 e. The van der Waals surface area contributed by atoms with Crippen LogP contribution in [0.5, 0.6) is 0 Å². The number of phosphoric acid groups is 2. The van der Waals surface area contributed by atoms with Gasteiger partial charge in [0.25, 0.3) is 0 Å². The van der Waals surface area contributed by atoms with E-state index in [4.69, 9.17) is 37.0 Å². The van der Waals surface area contributed by atoms with Crippen molar-refractivity contribution in [1.82, 2.24) is 0 Å². The first-order chi connectivity index (χ1) is 40.9. The lowest BCUT2D eigenvalue weighted by Gasteiger charge is -2.21. The van der Waals surface area contributed by atoms with E-state index < -0.39 is 97.5 Å². The average molecular weight is 1260 g/mol. The van der Waals surface area contributed by atoms with Gasteiger partial charge in [0, 0.05) is 25.7 Å². The lowest BCUT2D eigenvalue weighted by Crippen LogP contribution is -2.30. The normalized spacial score (nSPS) is 14.2. The average Bonchev–Trinajstić information content (AvgIpc) is 3.55. The fourth-order valence-corrected chi connectivity index (χ4v) is 11.5. The monoisotopic (exact) mass is 1250 g/mol. The van der Waals surface area contributed by atoms with Crippen molar-refractivity contribution in [2.45, 2.75) is 349 Å². The first-order valence-electron chi connectivity index (χ1n) is 34.5. The van der Waals surface area contributed by atoms with Crippen LogP contribution in [0.25, 0.3) is 0 Å². The Hall–Kier alpha value is -1.94. The highest BCUT2D eigenvalue weighted by molar-refractivity contribution is 7.47. The quantitative estimate of drug-likeness (QED) is 0.0222. The standard InChI is InChI=1S/C66H128O17P2/c1-7-9-11-13-14-15-16-17-18-19-20-21-22-23-24-25-26-31-38-44-50-65(70)82-62(55-77-64(69)49-43-37-30-28-27-29-35-40-46-58(3)4)57-81-85(74,75)79-53-60(67)52-78-84(72,73)80-56-61(54-76-63(68)48-42-34-12-10-8-2)83-66(71)51-45-39-33-32-36-41-47-59(5)6/h58-62,67H,7-57H2,1-6H3,(H,72,73)(H,74,75)/t60-,61+,62+/m0/s1. The van der Waals surface area contributed by atoms with Gasteiger partial charge in [-0.25, -0.2) is 9.13 Å². The molecule has 19 heteroatoms.